The van der Waals surface area contributed by atoms with Gasteiger partial charge in [-0.15, -0.1) is 0 Å². The van der Waals surface area contributed by atoms with Crippen LogP contribution in [-0.4, -0.2) is 41.2 Å². The van der Waals surface area contributed by atoms with Crippen molar-refractivity contribution in [2.75, 3.05) is 20.2 Å². The first kappa shape index (κ1) is 20.5. The van der Waals surface area contributed by atoms with Gasteiger partial charge in [0.1, 0.15) is 11.9 Å². The summed E-state index contributed by atoms with van der Waals surface area (Å²) in [6, 6.07) is 12.7. The Morgan fingerprint density at radius 3 is 2.90 bits per heavy atom. The molecule has 156 valence electrons. The third-order valence-corrected chi connectivity index (χ3v) is 5.66. The third-order valence-electron chi connectivity index (χ3n) is 5.32. The molecule has 1 fully saturated rings. The summed E-state index contributed by atoms with van der Waals surface area (Å²) in [5.41, 5.74) is 1.26. The molecule has 0 N–H and O–H groups in total. The van der Waals surface area contributed by atoms with Crippen LogP contribution in [0.5, 0.6) is 0 Å². The number of methoxy groups -OCH3 is 1. The number of hydrogen-bond acceptors (Lipinski definition) is 6. The highest BCUT2D eigenvalue weighted by atomic mass is 35.5. The number of carbonyl (C=O) groups excluding carboxylic acids is 1. The number of rotatable bonds is 5. The quantitative estimate of drug-likeness (QED) is 0.551. The van der Waals surface area contributed by atoms with Gasteiger partial charge in [0.25, 0.3) is 0 Å². The molecule has 3 aromatic rings. The molecule has 2 atom stereocenters. The average Bonchev–Trinajstić information content (AvgIpc) is 3.26. The van der Waals surface area contributed by atoms with Gasteiger partial charge >= 0.3 is 5.97 Å². The van der Waals surface area contributed by atoms with Crippen LogP contribution in [-0.2, 0) is 9.53 Å². The number of halogens is 2. The van der Waals surface area contributed by atoms with Crippen LogP contribution < -0.4 is 0 Å². The lowest BCUT2D eigenvalue weighted by Gasteiger charge is -2.36. The number of hydrogen-bond donors (Lipinski definition) is 0. The van der Waals surface area contributed by atoms with Gasteiger partial charge in [0.2, 0.25) is 11.7 Å². The van der Waals surface area contributed by atoms with Gasteiger partial charge in [0.15, 0.2) is 0 Å². The molecule has 6 nitrogen and oxygen atoms in total. The smallest absolute Gasteiger partial charge is 0.327 e. The molecule has 4 rings (SSSR count). The maximum absolute atomic E-state index is 13.5. The Morgan fingerprint density at radius 2 is 2.13 bits per heavy atom. The van der Waals surface area contributed by atoms with Crippen molar-refractivity contribution in [2.24, 2.45) is 0 Å². The SMILES string of the molecule is COC(=O)C(c1ccccc1Cl)N1CCCC(c2nc(-c3cccc(F)c3)no2)C1. The average molecular weight is 430 g/mol. The second kappa shape index (κ2) is 8.93. The van der Waals surface area contributed by atoms with Crippen LogP contribution in [0.15, 0.2) is 53.1 Å². The Morgan fingerprint density at radius 1 is 1.30 bits per heavy atom. The van der Waals surface area contributed by atoms with Crippen molar-refractivity contribution in [1.29, 1.82) is 0 Å². The molecule has 1 aromatic heterocycles. The maximum atomic E-state index is 13.5. The predicted octanol–water partition coefficient (Wildman–Crippen LogP) is 4.62. The van der Waals surface area contributed by atoms with Crippen molar-refractivity contribution < 1.29 is 18.4 Å². The molecule has 1 aliphatic rings. The van der Waals surface area contributed by atoms with Gasteiger partial charge in [0, 0.05) is 17.1 Å². The molecule has 2 heterocycles. The van der Waals surface area contributed by atoms with Crippen LogP contribution in [0, 0.1) is 5.82 Å². The number of carbonyl (C=O) groups is 1. The Labute approximate surface area is 178 Å². The summed E-state index contributed by atoms with van der Waals surface area (Å²) in [6.07, 6.45) is 1.69. The normalized spacial score (nSPS) is 18.2. The topological polar surface area (TPSA) is 68.5 Å². The van der Waals surface area contributed by atoms with Gasteiger partial charge in [-0.3, -0.25) is 4.90 Å². The van der Waals surface area contributed by atoms with Crippen LogP contribution in [0.25, 0.3) is 11.4 Å². The zero-order chi connectivity index (χ0) is 21.1. The van der Waals surface area contributed by atoms with E-state index in [1.807, 2.05) is 23.1 Å². The number of ether oxygens (including phenoxy) is 1. The molecule has 2 aromatic carbocycles. The Bertz CT molecular complexity index is 1040. The lowest BCUT2D eigenvalue weighted by Crippen LogP contribution is -2.41. The minimum atomic E-state index is -0.614. The summed E-state index contributed by atoms with van der Waals surface area (Å²) in [5.74, 6) is 0.0419. The zero-order valence-electron chi connectivity index (χ0n) is 16.4. The number of likely N-dealkylation sites (tertiary alicyclic amines) is 1. The van der Waals surface area contributed by atoms with Crippen molar-refractivity contribution in [2.45, 2.75) is 24.8 Å². The molecular formula is C22H21ClFN3O3. The van der Waals surface area contributed by atoms with Crippen LogP contribution in [0.3, 0.4) is 0 Å². The maximum Gasteiger partial charge on any atom is 0.327 e. The van der Waals surface area contributed by atoms with Crippen LogP contribution >= 0.6 is 11.6 Å². The highest BCUT2D eigenvalue weighted by Gasteiger charge is 2.35. The fourth-order valence-electron chi connectivity index (χ4n) is 3.87. The first-order valence-corrected chi connectivity index (χ1v) is 10.1. The van der Waals surface area contributed by atoms with Crippen LogP contribution in [0.1, 0.15) is 36.3 Å². The molecule has 0 bridgehead atoms. The largest absolute Gasteiger partial charge is 0.468 e. The Kier molecular flexibility index (Phi) is 6.11. The third kappa shape index (κ3) is 4.22. The van der Waals surface area contributed by atoms with Gasteiger partial charge in [0.05, 0.1) is 13.0 Å². The molecule has 30 heavy (non-hydrogen) atoms. The highest BCUT2D eigenvalue weighted by Crippen LogP contribution is 2.35. The van der Waals surface area contributed by atoms with E-state index < -0.39 is 6.04 Å². The molecule has 0 spiro atoms. The van der Waals surface area contributed by atoms with E-state index in [0.29, 0.717) is 41.0 Å². The summed E-state index contributed by atoms with van der Waals surface area (Å²) in [6.45, 7) is 1.25. The van der Waals surface area contributed by atoms with Crippen LogP contribution in [0.2, 0.25) is 5.02 Å². The lowest BCUT2D eigenvalue weighted by atomic mass is 9.94. The second-order valence-electron chi connectivity index (χ2n) is 7.25. The van der Waals surface area contributed by atoms with Gasteiger partial charge in [-0.1, -0.05) is 47.1 Å². The van der Waals surface area contributed by atoms with Gasteiger partial charge in [-0.2, -0.15) is 4.98 Å². The lowest BCUT2D eigenvalue weighted by molar-refractivity contribution is -0.148. The first-order valence-electron chi connectivity index (χ1n) is 9.72. The van der Waals surface area contributed by atoms with Crippen molar-refractivity contribution in [3.63, 3.8) is 0 Å². The minimum Gasteiger partial charge on any atom is -0.468 e. The minimum absolute atomic E-state index is 0.0526. The molecule has 0 radical (unpaired) electrons. The summed E-state index contributed by atoms with van der Waals surface area (Å²) < 4.78 is 24.1. The van der Waals surface area contributed by atoms with E-state index in [9.17, 15) is 9.18 Å². The number of nitrogens with zero attached hydrogens (tertiary/aromatic N) is 3. The van der Waals surface area contributed by atoms with Gasteiger partial charge in [-0.05, 0) is 43.1 Å². The van der Waals surface area contributed by atoms with E-state index in [1.54, 1.807) is 18.2 Å². The zero-order valence-corrected chi connectivity index (χ0v) is 17.2. The predicted molar refractivity (Wildman–Crippen MR) is 109 cm³/mol. The standard InChI is InChI=1S/C22H21ClFN3O3/c1-29-22(28)19(17-9-2-3-10-18(17)23)27-11-5-7-15(13-27)21-25-20(26-30-21)14-6-4-8-16(24)12-14/h2-4,6,8-10,12,15,19H,5,7,11,13H2,1H3. The Balaban J connectivity index is 1.58. The van der Waals surface area contributed by atoms with Gasteiger partial charge < -0.3 is 9.26 Å². The van der Waals surface area contributed by atoms with E-state index in [2.05, 4.69) is 10.1 Å². The fraction of sp³-hybridized carbons (Fsp3) is 0.318. The Hall–Kier alpha value is -2.77. The highest BCUT2D eigenvalue weighted by molar-refractivity contribution is 6.31. The van der Waals surface area contributed by atoms with Crippen molar-refractivity contribution >= 4 is 17.6 Å². The van der Waals surface area contributed by atoms with Crippen molar-refractivity contribution in [3.8, 4) is 11.4 Å². The summed E-state index contributed by atoms with van der Waals surface area (Å²) in [7, 11) is 1.37. The first-order chi connectivity index (χ1) is 14.6. The summed E-state index contributed by atoms with van der Waals surface area (Å²) in [4.78, 5) is 19.1. The monoisotopic (exact) mass is 429 g/mol. The number of esters is 1. The number of piperidine rings is 1. The van der Waals surface area contributed by atoms with E-state index in [1.165, 1.54) is 19.2 Å². The number of benzene rings is 2. The molecule has 0 saturated carbocycles. The van der Waals surface area contributed by atoms with Crippen molar-refractivity contribution in [1.82, 2.24) is 15.0 Å². The molecule has 8 heteroatoms. The molecule has 1 aliphatic heterocycles. The summed E-state index contributed by atoms with van der Waals surface area (Å²) >= 11 is 6.37. The molecular weight excluding hydrogens is 409 g/mol. The van der Waals surface area contributed by atoms with E-state index in [-0.39, 0.29) is 17.7 Å². The molecule has 0 amide bonds. The van der Waals surface area contributed by atoms with Gasteiger partial charge in [-0.25, -0.2) is 9.18 Å². The second-order valence-corrected chi connectivity index (χ2v) is 7.66. The van der Waals surface area contributed by atoms with Crippen molar-refractivity contribution in [3.05, 3.63) is 70.8 Å². The summed E-state index contributed by atoms with van der Waals surface area (Å²) in [5, 5.41) is 4.53. The molecule has 1 saturated heterocycles. The van der Waals surface area contributed by atoms with E-state index >= 15 is 0 Å². The number of aromatic nitrogens is 2. The molecule has 2 unspecified atom stereocenters. The van der Waals surface area contributed by atoms with Crippen LogP contribution in [0.4, 0.5) is 4.39 Å². The fourth-order valence-corrected chi connectivity index (χ4v) is 4.11. The van der Waals surface area contributed by atoms with E-state index in [0.717, 1.165) is 12.8 Å². The van der Waals surface area contributed by atoms with E-state index in [4.69, 9.17) is 20.9 Å². The molecule has 0 aliphatic carbocycles.